The number of nitrogens with zero attached hydrogens (tertiary/aromatic N) is 3. The first-order valence-electron chi connectivity index (χ1n) is 8.99. The molecule has 0 radical (unpaired) electrons. The van der Waals surface area contributed by atoms with Crippen molar-refractivity contribution in [2.45, 2.75) is 53.0 Å². The van der Waals surface area contributed by atoms with Gasteiger partial charge in [0.25, 0.3) is 5.91 Å². The summed E-state index contributed by atoms with van der Waals surface area (Å²) >= 11 is 2.99. The monoisotopic (exact) mass is 378 g/mol. The largest absolute Gasteiger partial charge is 0.297 e. The van der Waals surface area contributed by atoms with Crippen molar-refractivity contribution < 1.29 is 4.79 Å². The van der Waals surface area contributed by atoms with Crippen LogP contribution in [0.3, 0.4) is 0 Å². The van der Waals surface area contributed by atoms with Crippen LogP contribution in [0.1, 0.15) is 59.2 Å². The molecule has 1 fully saturated rings. The number of aromatic nitrogens is 2. The van der Waals surface area contributed by atoms with Gasteiger partial charge in [0.2, 0.25) is 0 Å². The number of carbonyl (C=O) groups excluding carboxylic acids is 1. The number of carbonyl (C=O) groups is 1. The van der Waals surface area contributed by atoms with E-state index in [9.17, 15) is 4.79 Å². The van der Waals surface area contributed by atoms with Gasteiger partial charge in [-0.1, -0.05) is 13.8 Å². The van der Waals surface area contributed by atoms with Crippen molar-refractivity contribution in [1.29, 1.82) is 0 Å². The van der Waals surface area contributed by atoms with Crippen LogP contribution < -0.4 is 5.32 Å². The third kappa shape index (κ3) is 4.86. The van der Waals surface area contributed by atoms with Gasteiger partial charge in [0.15, 0.2) is 5.13 Å². The number of likely N-dealkylation sites (tertiary alicyclic amines) is 1. The third-order valence-corrected chi connectivity index (χ3v) is 6.43. The Morgan fingerprint density at radius 2 is 2.28 bits per heavy atom. The molecule has 3 heterocycles. The summed E-state index contributed by atoms with van der Waals surface area (Å²) in [4.78, 5) is 24.8. The normalized spacial score (nSPS) is 18.4. The van der Waals surface area contributed by atoms with Gasteiger partial charge in [0.1, 0.15) is 4.88 Å². The number of aryl methyl sites for hydroxylation is 2. The maximum Gasteiger partial charge on any atom is 0.269 e. The van der Waals surface area contributed by atoms with Gasteiger partial charge in [0, 0.05) is 18.5 Å². The Morgan fingerprint density at radius 1 is 1.44 bits per heavy atom. The topological polar surface area (TPSA) is 58.1 Å². The van der Waals surface area contributed by atoms with Gasteiger partial charge in [-0.2, -0.15) is 0 Å². The number of amides is 1. The number of hydrogen-bond acceptors (Lipinski definition) is 6. The zero-order valence-electron chi connectivity index (χ0n) is 15.2. The highest BCUT2D eigenvalue weighted by molar-refractivity contribution is 7.15. The molecule has 7 heteroatoms. The quantitative estimate of drug-likeness (QED) is 0.812. The minimum atomic E-state index is -0.0927. The minimum absolute atomic E-state index is 0.0927. The molecule has 1 unspecified atom stereocenters. The summed E-state index contributed by atoms with van der Waals surface area (Å²) in [5.74, 6) is 0.669. The Balaban J connectivity index is 1.60. The SMILES string of the molecule is CCCc1nc(C)c(C(=O)Nc2nc(CN3CCCC(C)C3)cs2)s1. The van der Waals surface area contributed by atoms with E-state index in [-0.39, 0.29) is 5.91 Å². The molecule has 2 aromatic heterocycles. The molecule has 1 N–H and O–H groups in total. The lowest BCUT2D eigenvalue weighted by Gasteiger charge is -2.30. The predicted molar refractivity (Wildman–Crippen MR) is 105 cm³/mol. The molecule has 136 valence electrons. The molecule has 25 heavy (non-hydrogen) atoms. The molecule has 0 bridgehead atoms. The van der Waals surface area contributed by atoms with Crippen LogP contribution in [0.15, 0.2) is 5.38 Å². The van der Waals surface area contributed by atoms with E-state index < -0.39 is 0 Å². The van der Waals surface area contributed by atoms with Gasteiger partial charge in [-0.25, -0.2) is 9.97 Å². The van der Waals surface area contributed by atoms with Crippen LogP contribution in [0, 0.1) is 12.8 Å². The van der Waals surface area contributed by atoms with Gasteiger partial charge in [-0.3, -0.25) is 15.0 Å². The first-order valence-corrected chi connectivity index (χ1v) is 10.7. The molecular weight excluding hydrogens is 352 g/mol. The second-order valence-corrected chi connectivity index (χ2v) is 8.79. The number of rotatable bonds is 6. The van der Waals surface area contributed by atoms with Gasteiger partial charge < -0.3 is 0 Å². The smallest absolute Gasteiger partial charge is 0.269 e. The third-order valence-electron chi connectivity index (χ3n) is 4.41. The summed E-state index contributed by atoms with van der Waals surface area (Å²) in [7, 11) is 0. The van der Waals surface area contributed by atoms with Crippen LogP contribution in [0.5, 0.6) is 0 Å². The second-order valence-electron chi connectivity index (χ2n) is 6.85. The zero-order chi connectivity index (χ0) is 17.8. The van der Waals surface area contributed by atoms with Crippen LogP contribution >= 0.6 is 22.7 Å². The summed E-state index contributed by atoms with van der Waals surface area (Å²) in [5.41, 5.74) is 1.85. The fourth-order valence-corrected chi connectivity index (χ4v) is 4.99. The minimum Gasteiger partial charge on any atom is -0.297 e. The van der Waals surface area contributed by atoms with Crippen molar-refractivity contribution in [1.82, 2.24) is 14.9 Å². The van der Waals surface area contributed by atoms with Crippen molar-refractivity contribution in [3.05, 3.63) is 26.7 Å². The molecule has 1 atom stereocenters. The molecule has 1 aliphatic rings. The number of thiazole rings is 2. The Labute approximate surface area is 157 Å². The lowest BCUT2D eigenvalue weighted by atomic mass is 10.0. The number of nitrogens with one attached hydrogen (secondary N) is 1. The van der Waals surface area contributed by atoms with Crippen molar-refractivity contribution in [2.75, 3.05) is 18.4 Å². The van der Waals surface area contributed by atoms with E-state index in [1.807, 2.05) is 6.92 Å². The highest BCUT2D eigenvalue weighted by Gasteiger charge is 2.19. The number of hydrogen-bond donors (Lipinski definition) is 1. The summed E-state index contributed by atoms with van der Waals surface area (Å²) < 4.78 is 0. The Bertz CT molecular complexity index is 724. The zero-order valence-corrected chi connectivity index (χ0v) is 16.8. The van der Waals surface area contributed by atoms with E-state index in [2.05, 4.69) is 39.4 Å². The highest BCUT2D eigenvalue weighted by Crippen LogP contribution is 2.24. The van der Waals surface area contributed by atoms with E-state index in [1.54, 1.807) is 0 Å². The van der Waals surface area contributed by atoms with Gasteiger partial charge >= 0.3 is 0 Å². The van der Waals surface area contributed by atoms with E-state index in [4.69, 9.17) is 0 Å². The molecule has 5 nitrogen and oxygen atoms in total. The molecule has 1 aliphatic heterocycles. The molecule has 3 rings (SSSR count). The summed E-state index contributed by atoms with van der Waals surface area (Å²) in [6, 6.07) is 0. The lowest BCUT2D eigenvalue weighted by Crippen LogP contribution is -2.33. The van der Waals surface area contributed by atoms with Crippen LogP contribution in [0.25, 0.3) is 0 Å². The number of anilines is 1. The van der Waals surface area contributed by atoms with Crippen molar-refractivity contribution >= 4 is 33.7 Å². The maximum atomic E-state index is 12.5. The van der Waals surface area contributed by atoms with Gasteiger partial charge in [-0.05, 0) is 45.1 Å². The Kier molecular flexibility index (Phi) is 6.19. The average Bonchev–Trinajstić information content (AvgIpc) is 3.14. The number of piperidine rings is 1. The van der Waals surface area contributed by atoms with Crippen LogP contribution in [0.4, 0.5) is 5.13 Å². The second kappa shape index (κ2) is 8.38. The van der Waals surface area contributed by atoms with Crippen LogP contribution in [-0.4, -0.2) is 33.9 Å². The molecule has 1 amide bonds. The fraction of sp³-hybridized carbons (Fsp3) is 0.611. The van der Waals surface area contributed by atoms with E-state index in [1.165, 1.54) is 35.5 Å². The summed E-state index contributed by atoms with van der Waals surface area (Å²) in [5, 5.41) is 6.70. The van der Waals surface area contributed by atoms with E-state index >= 15 is 0 Å². The molecule has 0 spiro atoms. The van der Waals surface area contributed by atoms with E-state index in [0.717, 1.165) is 54.8 Å². The van der Waals surface area contributed by atoms with Crippen LogP contribution in [0.2, 0.25) is 0 Å². The molecule has 0 aliphatic carbocycles. The van der Waals surface area contributed by atoms with E-state index in [0.29, 0.717) is 10.0 Å². The summed E-state index contributed by atoms with van der Waals surface area (Å²) in [6.07, 6.45) is 4.55. The Hall–Kier alpha value is -1.31. The summed E-state index contributed by atoms with van der Waals surface area (Å²) in [6.45, 7) is 9.48. The first kappa shape index (κ1) is 18.5. The first-order chi connectivity index (χ1) is 12.0. The van der Waals surface area contributed by atoms with Crippen molar-refractivity contribution in [3.63, 3.8) is 0 Å². The van der Waals surface area contributed by atoms with Crippen molar-refractivity contribution in [3.8, 4) is 0 Å². The molecular formula is C18H26N4OS2. The average molecular weight is 379 g/mol. The van der Waals surface area contributed by atoms with Crippen LogP contribution in [-0.2, 0) is 13.0 Å². The fourth-order valence-electron chi connectivity index (χ4n) is 3.23. The standard InChI is InChI=1S/C18H26N4OS2/c1-4-6-15-19-13(3)16(25-15)17(23)21-18-20-14(11-24-18)10-22-8-5-7-12(2)9-22/h11-12H,4-10H2,1-3H3,(H,20,21,23). The van der Waals surface area contributed by atoms with Crippen molar-refractivity contribution in [2.24, 2.45) is 5.92 Å². The molecule has 2 aromatic rings. The molecule has 0 aromatic carbocycles. The maximum absolute atomic E-state index is 12.5. The highest BCUT2D eigenvalue weighted by atomic mass is 32.1. The van der Waals surface area contributed by atoms with Gasteiger partial charge in [-0.15, -0.1) is 22.7 Å². The molecule has 0 saturated carbocycles. The molecule has 1 saturated heterocycles. The lowest BCUT2D eigenvalue weighted by molar-refractivity contribution is 0.103. The Morgan fingerprint density at radius 3 is 3.04 bits per heavy atom. The predicted octanol–water partition coefficient (Wildman–Crippen LogP) is 4.34. The van der Waals surface area contributed by atoms with Gasteiger partial charge in [0.05, 0.1) is 16.4 Å².